The van der Waals surface area contributed by atoms with Crippen molar-refractivity contribution in [3.05, 3.63) is 122 Å². The molecule has 0 saturated carbocycles. The highest BCUT2D eigenvalue weighted by Crippen LogP contribution is 2.45. The van der Waals surface area contributed by atoms with E-state index in [1.165, 1.54) is 89.9 Å². The molecule has 0 saturated heterocycles. The molecule has 0 amide bonds. The van der Waals surface area contributed by atoms with Gasteiger partial charge in [0, 0.05) is 25.7 Å². The monoisotopic (exact) mass is 1470 g/mol. The van der Waals surface area contributed by atoms with Gasteiger partial charge >= 0.3 is 39.5 Å². The number of aliphatic hydroxyl groups excluding tert-OH is 1. The molecule has 586 valence electrons. The third-order valence-electron chi connectivity index (χ3n) is 16.4. The van der Waals surface area contributed by atoms with Crippen LogP contribution in [0.15, 0.2) is 122 Å². The Balaban J connectivity index is 5.42. The van der Waals surface area contributed by atoms with Gasteiger partial charge in [-0.3, -0.25) is 37.3 Å². The number of hydrogen-bond donors (Lipinski definition) is 3. The summed E-state index contributed by atoms with van der Waals surface area (Å²) in [5.74, 6) is -2.29. The summed E-state index contributed by atoms with van der Waals surface area (Å²) >= 11 is 0. The van der Waals surface area contributed by atoms with Gasteiger partial charge in [0.25, 0.3) is 0 Å². The summed E-state index contributed by atoms with van der Waals surface area (Å²) < 4.78 is 68.5. The number of ether oxygens (including phenoxy) is 4. The molecule has 19 heteroatoms. The standard InChI is InChI=1S/C83H142O17P2/c1-5-9-13-17-21-25-29-33-36-37-38-39-42-45-48-52-56-60-64-68-81(86)94-74-79(100-83(88)70-66-62-58-54-50-46-41-35-31-27-23-19-15-11-7-3)76-98-102(91,92)96-72-77(84)71-95-101(89,90)97-75-78(99-82(87)69-65-61-57-53-49-43-32-28-24-20-16-12-8-4)73-93-80(85)67-63-59-55-51-47-44-40-34-30-26-22-18-14-10-6-2/h9,11,13,15,21,23,25,27,33-36,38-41,45,48,56,60,77-79,84H,5-8,10,12,14,16-20,22,24,26,28-32,37,42-44,46-47,49-55,57-59,61-76H2,1-4H3,(H,89,90)(H,91,92)/b13-9-,15-11-,25-21-,27-23-,36-33-,39-38-,40-34-,41-35-,48-45-,60-56-. The molecule has 0 aliphatic rings. The fourth-order valence-electron chi connectivity index (χ4n) is 10.4. The largest absolute Gasteiger partial charge is 0.472 e. The van der Waals surface area contributed by atoms with E-state index in [0.717, 1.165) is 148 Å². The number of esters is 4. The van der Waals surface area contributed by atoms with Crippen LogP contribution >= 0.6 is 15.6 Å². The summed E-state index contributed by atoms with van der Waals surface area (Å²) in [7, 11) is -9.98. The van der Waals surface area contributed by atoms with Crippen LogP contribution in [0.3, 0.4) is 0 Å². The minimum atomic E-state index is -5.00. The summed E-state index contributed by atoms with van der Waals surface area (Å²) in [6, 6.07) is 0. The average Bonchev–Trinajstić information content (AvgIpc) is 0.924. The highest BCUT2D eigenvalue weighted by molar-refractivity contribution is 7.47. The summed E-state index contributed by atoms with van der Waals surface area (Å²) in [5, 5.41) is 10.6. The molecule has 0 radical (unpaired) electrons. The van der Waals surface area contributed by atoms with Crippen LogP contribution in [0.4, 0.5) is 0 Å². The van der Waals surface area contributed by atoms with Gasteiger partial charge in [0.2, 0.25) is 0 Å². The first kappa shape index (κ1) is 97.5. The van der Waals surface area contributed by atoms with Gasteiger partial charge in [-0.1, -0.05) is 297 Å². The maximum absolute atomic E-state index is 13.1. The van der Waals surface area contributed by atoms with Gasteiger partial charge < -0.3 is 33.8 Å². The lowest BCUT2D eigenvalue weighted by atomic mass is 10.0. The van der Waals surface area contributed by atoms with E-state index in [2.05, 4.69) is 131 Å². The SMILES string of the molecule is CC/C=C\C/C=C\C/C=C\C/C=C\C/C=C\C/C=C\CCC(=O)OCC(COP(=O)(O)OCC(O)COP(=O)(O)OCC(COC(=O)CCCCCCC/C=C\CCCCCCCC)OC(=O)CCCCCCCCCCCCCCC)OC(=O)CCCCCCC/C=C\C/C=C\C/C=C\CC. The van der Waals surface area contributed by atoms with Gasteiger partial charge in [-0.25, -0.2) is 9.13 Å². The number of phosphoric ester groups is 2. The van der Waals surface area contributed by atoms with E-state index < -0.39 is 97.5 Å². The molecular formula is C83H142O17P2. The average molecular weight is 1470 g/mol. The molecule has 0 heterocycles. The first-order valence-electron chi connectivity index (χ1n) is 39.8. The molecule has 0 aliphatic heterocycles. The van der Waals surface area contributed by atoms with E-state index in [1.807, 2.05) is 18.2 Å². The molecule has 5 unspecified atom stereocenters. The highest BCUT2D eigenvalue weighted by atomic mass is 31.2. The smallest absolute Gasteiger partial charge is 0.462 e. The van der Waals surface area contributed by atoms with Gasteiger partial charge in [0.05, 0.1) is 26.4 Å². The Morgan fingerprint density at radius 1 is 0.284 bits per heavy atom. The van der Waals surface area contributed by atoms with Crippen LogP contribution in [0.25, 0.3) is 0 Å². The van der Waals surface area contributed by atoms with Crippen LogP contribution in [0.5, 0.6) is 0 Å². The number of unbranched alkanes of at least 4 members (excludes halogenated alkanes) is 28. The zero-order valence-corrected chi connectivity index (χ0v) is 65.8. The van der Waals surface area contributed by atoms with Crippen molar-refractivity contribution in [2.45, 2.75) is 341 Å². The minimum Gasteiger partial charge on any atom is -0.462 e. The van der Waals surface area contributed by atoms with Gasteiger partial charge in [-0.2, -0.15) is 0 Å². The van der Waals surface area contributed by atoms with Gasteiger partial charge in [-0.05, 0) is 122 Å². The normalized spacial score (nSPS) is 14.5. The maximum Gasteiger partial charge on any atom is 0.472 e. The fourth-order valence-corrected chi connectivity index (χ4v) is 12.0. The Kier molecular flexibility index (Phi) is 71.4. The van der Waals surface area contributed by atoms with Crippen LogP contribution in [-0.2, 0) is 65.4 Å². The zero-order chi connectivity index (χ0) is 74.6. The molecule has 0 aliphatic carbocycles. The first-order chi connectivity index (χ1) is 49.7. The number of aliphatic hydroxyl groups is 1. The van der Waals surface area contributed by atoms with Crippen molar-refractivity contribution in [3.63, 3.8) is 0 Å². The second kappa shape index (κ2) is 74.7. The Morgan fingerprint density at radius 2 is 0.529 bits per heavy atom. The summed E-state index contributed by atoms with van der Waals surface area (Å²) in [5.41, 5.74) is 0. The van der Waals surface area contributed by atoms with Crippen LogP contribution in [0, 0.1) is 0 Å². The first-order valence-corrected chi connectivity index (χ1v) is 42.8. The topological polar surface area (TPSA) is 237 Å². The van der Waals surface area contributed by atoms with Crippen molar-refractivity contribution in [3.8, 4) is 0 Å². The third-order valence-corrected chi connectivity index (χ3v) is 18.3. The molecule has 0 bridgehead atoms. The molecule has 0 aromatic rings. The Labute approximate surface area is 619 Å². The van der Waals surface area contributed by atoms with E-state index >= 15 is 0 Å². The third kappa shape index (κ3) is 73.8. The van der Waals surface area contributed by atoms with Crippen LogP contribution in [0.1, 0.15) is 323 Å². The predicted molar refractivity (Wildman–Crippen MR) is 418 cm³/mol. The number of hydrogen-bond acceptors (Lipinski definition) is 15. The molecule has 0 fully saturated rings. The van der Waals surface area contributed by atoms with Crippen molar-refractivity contribution < 1.29 is 80.2 Å². The minimum absolute atomic E-state index is 0.0300. The molecule has 0 spiro atoms. The van der Waals surface area contributed by atoms with E-state index in [0.29, 0.717) is 32.1 Å². The lowest BCUT2D eigenvalue weighted by molar-refractivity contribution is -0.161. The number of phosphoric acid groups is 2. The maximum atomic E-state index is 13.1. The molecule has 0 rings (SSSR count). The molecule has 5 atom stereocenters. The Morgan fingerprint density at radius 3 is 0.853 bits per heavy atom. The number of allylic oxidation sites excluding steroid dienone is 20. The van der Waals surface area contributed by atoms with E-state index in [1.54, 1.807) is 0 Å². The lowest BCUT2D eigenvalue weighted by Crippen LogP contribution is -2.30. The summed E-state index contributed by atoms with van der Waals surface area (Å²) in [4.78, 5) is 72.9. The number of rotatable bonds is 74. The van der Waals surface area contributed by atoms with Gasteiger partial charge in [0.1, 0.15) is 19.3 Å². The predicted octanol–water partition coefficient (Wildman–Crippen LogP) is 23.1. The van der Waals surface area contributed by atoms with E-state index in [-0.39, 0.29) is 25.7 Å². The summed E-state index contributed by atoms with van der Waals surface area (Å²) in [6.45, 7) is 4.55. The van der Waals surface area contributed by atoms with Crippen molar-refractivity contribution in [1.82, 2.24) is 0 Å². The lowest BCUT2D eigenvalue weighted by Gasteiger charge is -2.21. The second-order valence-electron chi connectivity index (χ2n) is 26.2. The van der Waals surface area contributed by atoms with E-state index in [4.69, 9.17) is 37.0 Å². The zero-order valence-electron chi connectivity index (χ0n) is 64.0. The van der Waals surface area contributed by atoms with Crippen molar-refractivity contribution in [2.75, 3.05) is 39.6 Å². The van der Waals surface area contributed by atoms with E-state index in [9.17, 15) is 43.2 Å². The van der Waals surface area contributed by atoms with Crippen LogP contribution in [-0.4, -0.2) is 96.7 Å². The van der Waals surface area contributed by atoms with Gasteiger partial charge in [0.15, 0.2) is 12.2 Å². The van der Waals surface area contributed by atoms with Crippen LogP contribution in [0.2, 0.25) is 0 Å². The van der Waals surface area contributed by atoms with Crippen molar-refractivity contribution in [1.29, 1.82) is 0 Å². The van der Waals surface area contributed by atoms with Gasteiger partial charge in [-0.15, -0.1) is 0 Å². The molecule has 17 nitrogen and oxygen atoms in total. The quantitative estimate of drug-likeness (QED) is 0.0169. The molecule has 0 aromatic carbocycles. The molecular weight excluding hydrogens is 1330 g/mol. The molecule has 3 N–H and O–H groups in total. The van der Waals surface area contributed by atoms with Crippen LogP contribution < -0.4 is 0 Å². The molecule has 0 aromatic heterocycles. The number of carbonyl (C=O) groups excluding carboxylic acids is 4. The molecule has 102 heavy (non-hydrogen) atoms. The second-order valence-corrected chi connectivity index (χ2v) is 29.2. The number of carbonyl (C=O) groups is 4. The fraction of sp³-hybridized carbons (Fsp3) is 0.711. The Bertz CT molecular complexity index is 2410. The Hall–Kier alpha value is -4.54. The highest BCUT2D eigenvalue weighted by Gasteiger charge is 2.30. The van der Waals surface area contributed by atoms with Crippen molar-refractivity contribution in [2.24, 2.45) is 0 Å². The summed E-state index contributed by atoms with van der Waals surface area (Å²) in [6.07, 6.45) is 81.9. The van der Waals surface area contributed by atoms with Crippen molar-refractivity contribution >= 4 is 39.5 Å².